The first kappa shape index (κ1) is 14.4. The van der Waals surface area contributed by atoms with Crippen LogP contribution in [-0.4, -0.2) is 16.5 Å². The van der Waals surface area contributed by atoms with Crippen molar-refractivity contribution in [3.8, 4) is 6.07 Å². The fourth-order valence-electron chi connectivity index (χ4n) is 1.35. The van der Waals surface area contributed by atoms with Crippen molar-refractivity contribution in [2.24, 2.45) is 0 Å². The van der Waals surface area contributed by atoms with Gasteiger partial charge in [-0.15, -0.1) is 0 Å². The van der Waals surface area contributed by atoms with Crippen LogP contribution in [0.15, 0.2) is 18.2 Å². The smallest absolute Gasteiger partial charge is 0.319 e. The molecule has 0 saturated carbocycles. The molecule has 0 radical (unpaired) electrons. The number of nitrogens with one attached hydrogen (secondary N) is 2. The molecule has 0 fully saturated rings. The third kappa shape index (κ3) is 4.27. The molecule has 7 heteroatoms. The number of hydrogen-bond acceptors (Lipinski definition) is 4. The van der Waals surface area contributed by atoms with E-state index in [0.717, 1.165) is 6.07 Å². The molecule has 0 saturated heterocycles. The highest BCUT2D eigenvalue weighted by Crippen LogP contribution is 2.25. The highest BCUT2D eigenvalue weighted by molar-refractivity contribution is 5.92. The topological polar surface area (TPSA) is 108 Å². The summed E-state index contributed by atoms with van der Waals surface area (Å²) in [5.74, 6) is 0. The van der Waals surface area contributed by atoms with Gasteiger partial charge in [-0.3, -0.25) is 10.1 Å². The van der Waals surface area contributed by atoms with Crippen molar-refractivity contribution in [2.45, 2.75) is 26.3 Å². The van der Waals surface area contributed by atoms with Crippen LogP contribution in [0.25, 0.3) is 0 Å². The zero-order valence-corrected chi connectivity index (χ0v) is 10.9. The first-order valence-corrected chi connectivity index (χ1v) is 5.50. The van der Waals surface area contributed by atoms with Crippen molar-refractivity contribution in [3.05, 3.63) is 33.9 Å². The first-order valence-electron chi connectivity index (χ1n) is 5.50. The third-order valence-electron chi connectivity index (χ3n) is 2.06. The molecular weight excluding hydrogens is 248 g/mol. The molecule has 7 nitrogen and oxygen atoms in total. The molecule has 100 valence electrons. The number of anilines is 1. The second-order valence-corrected chi connectivity index (χ2v) is 4.93. The minimum atomic E-state index is -0.645. The van der Waals surface area contributed by atoms with Gasteiger partial charge in [0.25, 0.3) is 5.69 Å². The third-order valence-corrected chi connectivity index (χ3v) is 2.06. The molecule has 1 aromatic rings. The lowest BCUT2D eigenvalue weighted by Crippen LogP contribution is -2.43. The average Bonchev–Trinajstić information content (AvgIpc) is 2.26. The van der Waals surface area contributed by atoms with Gasteiger partial charge in [0.05, 0.1) is 16.6 Å². The van der Waals surface area contributed by atoms with Gasteiger partial charge in [-0.1, -0.05) is 0 Å². The predicted molar refractivity (Wildman–Crippen MR) is 69.7 cm³/mol. The van der Waals surface area contributed by atoms with Crippen LogP contribution >= 0.6 is 0 Å². The fourth-order valence-corrected chi connectivity index (χ4v) is 1.35. The molecule has 0 atom stereocenters. The van der Waals surface area contributed by atoms with E-state index in [1.165, 1.54) is 12.1 Å². The number of nitrogens with zero attached hydrogens (tertiary/aromatic N) is 2. The van der Waals surface area contributed by atoms with Crippen LogP contribution in [-0.2, 0) is 0 Å². The van der Waals surface area contributed by atoms with Gasteiger partial charge in [0.1, 0.15) is 5.69 Å². The highest BCUT2D eigenvalue weighted by atomic mass is 16.6. The lowest BCUT2D eigenvalue weighted by atomic mass is 10.1. The van der Waals surface area contributed by atoms with E-state index in [2.05, 4.69) is 10.6 Å². The minimum absolute atomic E-state index is 0.0470. The molecular formula is C12H14N4O3. The molecule has 2 N–H and O–H groups in total. The lowest BCUT2D eigenvalue weighted by Gasteiger charge is -2.20. The van der Waals surface area contributed by atoms with E-state index in [1.807, 2.05) is 6.07 Å². The number of nitro groups is 1. The number of urea groups is 1. The summed E-state index contributed by atoms with van der Waals surface area (Å²) in [6, 6.07) is 5.12. The van der Waals surface area contributed by atoms with Crippen molar-refractivity contribution < 1.29 is 9.72 Å². The number of hydrogen-bond donors (Lipinski definition) is 2. The van der Waals surface area contributed by atoms with E-state index in [1.54, 1.807) is 20.8 Å². The van der Waals surface area contributed by atoms with Crippen molar-refractivity contribution in [1.82, 2.24) is 5.32 Å². The van der Waals surface area contributed by atoms with Gasteiger partial charge in [0.15, 0.2) is 0 Å². The summed E-state index contributed by atoms with van der Waals surface area (Å²) < 4.78 is 0. The summed E-state index contributed by atoms with van der Waals surface area (Å²) in [5, 5.41) is 24.6. The number of nitriles is 1. The quantitative estimate of drug-likeness (QED) is 0.630. The van der Waals surface area contributed by atoms with Crippen LogP contribution in [0.1, 0.15) is 26.3 Å². The van der Waals surface area contributed by atoms with Crippen LogP contribution in [0.2, 0.25) is 0 Å². The molecule has 0 aliphatic rings. The minimum Gasteiger partial charge on any atom is -0.333 e. The number of carbonyl (C=O) groups excluding carboxylic acids is 1. The molecule has 0 unspecified atom stereocenters. The molecule has 1 aromatic carbocycles. The maximum Gasteiger partial charge on any atom is 0.319 e. The molecule has 0 bridgehead atoms. The molecule has 1 rings (SSSR count). The maximum absolute atomic E-state index is 11.6. The highest BCUT2D eigenvalue weighted by Gasteiger charge is 2.19. The summed E-state index contributed by atoms with van der Waals surface area (Å²) in [5.41, 5.74) is -0.562. The van der Waals surface area contributed by atoms with Crippen LogP contribution < -0.4 is 10.6 Å². The van der Waals surface area contributed by atoms with Gasteiger partial charge in [-0.05, 0) is 32.9 Å². The summed E-state index contributed by atoms with van der Waals surface area (Å²) in [6.45, 7) is 5.37. The number of carbonyl (C=O) groups is 1. The van der Waals surface area contributed by atoms with E-state index in [4.69, 9.17) is 5.26 Å². The Bertz CT molecular complexity index is 555. The Kier molecular flexibility index (Phi) is 4.07. The van der Waals surface area contributed by atoms with Gasteiger partial charge in [0, 0.05) is 11.6 Å². The van der Waals surface area contributed by atoms with E-state index >= 15 is 0 Å². The van der Waals surface area contributed by atoms with Crippen molar-refractivity contribution in [3.63, 3.8) is 0 Å². The second kappa shape index (κ2) is 5.35. The largest absolute Gasteiger partial charge is 0.333 e. The second-order valence-electron chi connectivity index (χ2n) is 4.93. The fraction of sp³-hybridized carbons (Fsp3) is 0.333. The monoisotopic (exact) mass is 262 g/mol. The number of rotatable bonds is 2. The van der Waals surface area contributed by atoms with Gasteiger partial charge in [-0.2, -0.15) is 5.26 Å². The Morgan fingerprint density at radius 3 is 2.53 bits per heavy atom. The lowest BCUT2D eigenvalue weighted by molar-refractivity contribution is -0.383. The van der Waals surface area contributed by atoms with Crippen LogP contribution in [0.4, 0.5) is 16.2 Å². The molecule has 0 aromatic heterocycles. The Hall–Kier alpha value is -2.62. The molecule has 19 heavy (non-hydrogen) atoms. The van der Waals surface area contributed by atoms with Crippen molar-refractivity contribution in [1.29, 1.82) is 5.26 Å². The number of nitro benzene ring substituents is 1. The number of benzene rings is 1. The molecule has 0 spiro atoms. The van der Waals surface area contributed by atoms with E-state index in [0.29, 0.717) is 0 Å². The normalized spacial score (nSPS) is 10.4. The molecule has 2 amide bonds. The van der Waals surface area contributed by atoms with Gasteiger partial charge in [-0.25, -0.2) is 4.79 Å². The first-order chi connectivity index (χ1) is 8.73. The SMILES string of the molecule is CC(C)(C)NC(=O)Nc1ccc(C#N)cc1[N+](=O)[O-]. The Labute approximate surface area is 110 Å². The molecule has 0 aliphatic carbocycles. The maximum atomic E-state index is 11.6. The Morgan fingerprint density at radius 2 is 2.05 bits per heavy atom. The summed E-state index contributed by atoms with van der Waals surface area (Å²) in [4.78, 5) is 21.9. The van der Waals surface area contributed by atoms with E-state index in [-0.39, 0.29) is 16.9 Å². The zero-order valence-electron chi connectivity index (χ0n) is 10.9. The average molecular weight is 262 g/mol. The van der Waals surface area contributed by atoms with Crippen molar-refractivity contribution >= 4 is 17.4 Å². The zero-order chi connectivity index (χ0) is 14.6. The summed E-state index contributed by atoms with van der Waals surface area (Å²) >= 11 is 0. The summed E-state index contributed by atoms with van der Waals surface area (Å²) in [7, 11) is 0. The van der Waals surface area contributed by atoms with Crippen LogP contribution in [0, 0.1) is 21.4 Å². The molecule has 0 heterocycles. The van der Waals surface area contributed by atoms with E-state index in [9.17, 15) is 14.9 Å². The van der Waals surface area contributed by atoms with Crippen molar-refractivity contribution in [2.75, 3.05) is 5.32 Å². The Morgan fingerprint density at radius 1 is 1.42 bits per heavy atom. The standard InChI is InChI=1S/C12H14N4O3/c1-12(2,3)15-11(17)14-9-5-4-8(7-13)6-10(9)16(18)19/h4-6H,1-3H3,(H2,14,15,17). The van der Waals surface area contributed by atoms with Gasteiger partial charge >= 0.3 is 6.03 Å². The summed E-state index contributed by atoms with van der Waals surface area (Å²) in [6.07, 6.45) is 0. The van der Waals surface area contributed by atoms with E-state index < -0.39 is 16.5 Å². The van der Waals surface area contributed by atoms with Gasteiger partial charge < -0.3 is 10.6 Å². The van der Waals surface area contributed by atoms with Crippen LogP contribution in [0.3, 0.4) is 0 Å². The van der Waals surface area contributed by atoms with Gasteiger partial charge in [0.2, 0.25) is 0 Å². The predicted octanol–water partition coefficient (Wildman–Crippen LogP) is 2.39. The molecule has 0 aliphatic heterocycles. The van der Waals surface area contributed by atoms with Crippen LogP contribution in [0.5, 0.6) is 0 Å². The Balaban J connectivity index is 2.99. The number of amides is 2.